The van der Waals surface area contributed by atoms with Gasteiger partial charge in [0.05, 0.1) is 6.54 Å². The van der Waals surface area contributed by atoms with E-state index in [2.05, 4.69) is 5.32 Å². The zero-order chi connectivity index (χ0) is 16.0. The molecule has 1 amide bonds. The summed E-state index contributed by atoms with van der Waals surface area (Å²) in [6.07, 6.45) is -0.578. The van der Waals surface area contributed by atoms with Crippen LogP contribution in [0.2, 0.25) is 5.02 Å². The zero-order valence-electron chi connectivity index (χ0n) is 12.3. The van der Waals surface area contributed by atoms with Crippen molar-refractivity contribution in [3.05, 3.63) is 70.7 Å². The molecule has 4 nitrogen and oxygen atoms in total. The van der Waals surface area contributed by atoms with Gasteiger partial charge in [-0.3, -0.25) is 0 Å². The number of aliphatic hydroxyl groups is 1. The molecule has 2 aromatic rings. The van der Waals surface area contributed by atoms with E-state index in [1.54, 1.807) is 31.2 Å². The van der Waals surface area contributed by atoms with Gasteiger partial charge in [-0.05, 0) is 30.2 Å². The molecule has 2 rings (SSSR count). The van der Waals surface area contributed by atoms with Crippen molar-refractivity contribution in [2.45, 2.75) is 19.1 Å². The molecule has 2 N–H and O–H groups in total. The Kier molecular flexibility index (Phi) is 5.41. The quantitative estimate of drug-likeness (QED) is 0.887. The lowest BCUT2D eigenvalue weighted by molar-refractivity contribution is 0.0529. The number of amides is 1. The molecular weight excluding hydrogens is 302 g/mol. The van der Waals surface area contributed by atoms with Gasteiger partial charge in [0, 0.05) is 5.02 Å². The van der Waals surface area contributed by atoms with Gasteiger partial charge in [0.1, 0.15) is 12.2 Å². The Morgan fingerprint density at radius 2 is 1.95 bits per heavy atom. The minimum absolute atomic E-state index is 0.0287. The van der Waals surface area contributed by atoms with Crippen molar-refractivity contribution in [1.29, 1.82) is 0 Å². The van der Waals surface area contributed by atoms with Crippen LogP contribution in [0.1, 0.15) is 18.1 Å². The largest absolute Gasteiger partial charge is 0.445 e. The number of carbonyl (C=O) groups is 1. The molecule has 0 saturated heterocycles. The van der Waals surface area contributed by atoms with Crippen LogP contribution in [-0.4, -0.2) is 17.7 Å². The van der Waals surface area contributed by atoms with Crippen LogP contribution in [0.3, 0.4) is 0 Å². The van der Waals surface area contributed by atoms with E-state index in [1.165, 1.54) is 0 Å². The van der Waals surface area contributed by atoms with E-state index < -0.39 is 11.7 Å². The first-order chi connectivity index (χ1) is 10.5. The summed E-state index contributed by atoms with van der Waals surface area (Å²) in [5, 5.41) is 13.5. The summed E-state index contributed by atoms with van der Waals surface area (Å²) in [4.78, 5) is 11.7. The van der Waals surface area contributed by atoms with Gasteiger partial charge < -0.3 is 15.2 Å². The molecule has 0 aliphatic heterocycles. The van der Waals surface area contributed by atoms with Crippen LogP contribution in [0.15, 0.2) is 54.6 Å². The van der Waals surface area contributed by atoms with Gasteiger partial charge in [0.15, 0.2) is 0 Å². The molecule has 116 valence electrons. The van der Waals surface area contributed by atoms with Crippen molar-refractivity contribution in [2.75, 3.05) is 6.54 Å². The second-order valence-electron chi connectivity index (χ2n) is 5.20. The summed E-state index contributed by atoms with van der Waals surface area (Å²) >= 11 is 5.91. The van der Waals surface area contributed by atoms with Crippen molar-refractivity contribution in [1.82, 2.24) is 5.32 Å². The third-order valence-electron chi connectivity index (χ3n) is 3.24. The Morgan fingerprint density at radius 3 is 2.64 bits per heavy atom. The van der Waals surface area contributed by atoms with E-state index in [0.717, 1.165) is 5.56 Å². The molecule has 0 fully saturated rings. The molecule has 0 aromatic heterocycles. The van der Waals surface area contributed by atoms with E-state index in [-0.39, 0.29) is 13.2 Å². The summed E-state index contributed by atoms with van der Waals surface area (Å²) < 4.78 is 5.10. The highest BCUT2D eigenvalue weighted by atomic mass is 35.5. The van der Waals surface area contributed by atoms with Crippen LogP contribution < -0.4 is 5.32 Å². The molecule has 1 unspecified atom stereocenters. The molecule has 0 spiro atoms. The number of alkyl carbamates (subject to hydrolysis) is 1. The first kappa shape index (κ1) is 16.3. The monoisotopic (exact) mass is 319 g/mol. The number of carbonyl (C=O) groups excluding carboxylic acids is 1. The lowest BCUT2D eigenvalue weighted by Crippen LogP contribution is -2.38. The van der Waals surface area contributed by atoms with Gasteiger partial charge in [-0.2, -0.15) is 0 Å². The van der Waals surface area contributed by atoms with Crippen molar-refractivity contribution in [2.24, 2.45) is 0 Å². The number of nitrogens with one attached hydrogen (secondary N) is 1. The number of hydrogen-bond donors (Lipinski definition) is 2. The molecular formula is C17H18ClNO3. The van der Waals surface area contributed by atoms with E-state index in [9.17, 15) is 9.90 Å². The Bertz CT molecular complexity index is 629. The van der Waals surface area contributed by atoms with Gasteiger partial charge in [0.2, 0.25) is 0 Å². The summed E-state index contributed by atoms with van der Waals surface area (Å²) in [5.74, 6) is 0. The summed E-state index contributed by atoms with van der Waals surface area (Å²) in [5.41, 5.74) is 0.305. The van der Waals surface area contributed by atoms with Gasteiger partial charge in [-0.25, -0.2) is 4.79 Å². The average Bonchev–Trinajstić information content (AvgIpc) is 2.52. The minimum Gasteiger partial charge on any atom is -0.445 e. The first-order valence-electron chi connectivity index (χ1n) is 6.90. The Balaban J connectivity index is 1.85. The fraction of sp³-hybridized carbons (Fsp3) is 0.235. The molecule has 0 aliphatic carbocycles. The molecule has 0 bridgehead atoms. The Labute approximate surface area is 134 Å². The van der Waals surface area contributed by atoms with Crippen LogP contribution in [-0.2, 0) is 16.9 Å². The Morgan fingerprint density at radius 1 is 1.23 bits per heavy atom. The van der Waals surface area contributed by atoms with Crippen molar-refractivity contribution in [3.63, 3.8) is 0 Å². The summed E-state index contributed by atoms with van der Waals surface area (Å²) in [7, 11) is 0. The topological polar surface area (TPSA) is 58.6 Å². The summed E-state index contributed by atoms with van der Waals surface area (Å²) in [6, 6.07) is 16.3. The van der Waals surface area contributed by atoms with Gasteiger partial charge in [0.25, 0.3) is 0 Å². The molecule has 22 heavy (non-hydrogen) atoms. The van der Waals surface area contributed by atoms with E-state index >= 15 is 0 Å². The third-order valence-corrected chi connectivity index (χ3v) is 3.47. The molecule has 1 atom stereocenters. The lowest BCUT2D eigenvalue weighted by atomic mass is 9.96. The maximum atomic E-state index is 11.7. The SMILES string of the molecule is CC(O)(CNC(=O)OCc1ccccc1)c1cccc(Cl)c1. The van der Waals surface area contributed by atoms with Gasteiger partial charge in [-0.15, -0.1) is 0 Å². The van der Waals surface area contributed by atoms with Crippen LogP contribution >= 0.6 is 11.6 Å². The molecule has 0 saturated carbocycles. The smallest absolute Gasteiger partial charge is 0.407 e. The maximum Gasteiger partial charge on any atom is 0.407 e. The van der Waals surface area contributed by atoms with E-state index in [4.69, 9.17) is 16.3 Å². The zero-order valence-corrected chi connectivity index (χ0v) is 13.0. The molecule has 0 radical (unpaired) electrons. The predicted octanol–water partition coefficient (Wildman–Crippen LogP) is 3.47. The molecule has 2 aromatic carbocycles. The van der Waals surface area contributed by atoms with Crippen molar-refractivity contribution < 1.29 is 14.6 Å². The number of benzene rings is 2. The van der Waals surface area contributed by atoms with Gasteiger partial charge in [-0.1, -0.05) is 54.1 Å². The second kappa shape index (κ2) is 7.29. The van der Waals surface area contributed by atoms with Crippen LogP contribution in [0, 0.1) is 0 Å². The number of ether oxygens (including phenoxy) is 1. The minimum atomic E-state index is -1.23. The van der Waals surface area contributed by atoms with Gasteiger partial charge >= 0.3 is 6.09 Å². The van der Waals surface area contributed by atoms with E-state index in [0.29, 0.717) is 10.6 Å². The van der Waals surface area contributed by atoms with Crippen LogP contribution in [0.5, 0.6) is 0 Å². The standard InChI is InChI=1S/C17H18ClNO3/c1-17(21,14-8-5-9-15(18)10-14)12-19-16(20)22-11-13-6-3-2-4-7-13/h2-10,21H,11-12H2,1H3,(H,19,20). The third kappa shape index (κ3) is 4.76. The molecule has 0 aliphatic rings. The number of hydrogen-bond acceptors (Lipinski definition) is 3. The van der Waals surface area contributed by atoms with Crippen LogP contribution in [0.25, 0.3) is 0 Å². The number of halogens is 1. The highest BCUT2D eigenvalue weighted by Crippen LogP contribution is 2.22. The highest BCUT2D eigenvalue weighted by Gasteiger charge is 2.24. The van der Waals surface area contributed by atoms with Crippen molar-refractivity contribution in [3.8, 4) is 0 Å². The average molecular weight is 320 g/mol. The fourth-order valence-corrected chi connectivity index (χ4v) is 2.13. The molecule has 5 heteroatoms. The summed E-state index contributed by atoms with van der Waals surface area (Å²) in [6.45, 7) is 1.82. The Hall–Kier alpha value is -2.04. The fourth-order valence-electron chi connectivity index (χ4n) is 1.94. The van der Waals surface area contributed by atoms with Crippen LogP contribution in [0.4, 0.5) is 4.79 Å². The lowest BCUT2D eigenvalue weighted by Gasteiger charge is -2.24. The first-order valence-corrected chi connectivity index (χ1v) is 7.28. The van der Waals surface area contributed by atoms with Crippen molar-refractivity contribution >= 4 is 17.7 Å². The normalized spacial score (nSPS) is 13.2. The number of rotatable bonds is 5. The van der Waals surface area contributed by atoms with E-state index in [1.807, 2.05) is 30.3 Å². The molecule has 0 heterocycles. The highest BCUT2D eigenvalue weighted by molar-refractivity contribution is 6.30. The second-order valence-corrected chi connectivity index (χ2v) is 5.64. The predicted molar refractivity (Wildman–Crippen MR) is 85.7 cm³/mol. The maximum absolute atomic E-state index is 11.7.